The molecule has 0 bridgehead atoms. The molecule has 1 N–H and O–H groups in total. The molecule has 0 aliphatic carbocycles. The Bertz CT molecular complexity index is 1750. The molecule has 1 aliphatic rings. The van der Waals surface area contributed by atoms with Crippen molar-refractivity contribution in [3.8, 4) is 5.75 Å². The molecule has 232 valence electrons. The Labute approximate surface area is 257 Å². The van der Waals surface area contributed by atoms with Crippen molar-refractivity contribution in [2.45, 2.75) is 60.5 Å². The topological polar surface area (TPSA) is 110 Å². The minimum absolute atomic E-state index is 0.0368. The standard InChI is InChI=1S/C34H41N5O5/c1-7-39-27-10-9-26(20-28(27)37(6)32(41)34(4,5)33(39)42)43-18-8-14-35-21-24-11-15-36-25(19-24)12-16-38-17-13-29-30(31(38)40)22(2)23(3)44-29/h9-11,13,15,17,19-20,35H,7-8,12,14,16,18,21H2,1-6H3. The second-order valence-corrected chi connectivity index (χ2v) is 11.8. The van der Waals surface area contributed by atoms with Crippen molar-refractivity contribution >= 4 is 34.2 Å². The number of benzene rings is 1. The van der Waals surface area contributed by atoms with Crippen LogP contribution in [0, 0.1) is 19.3 Å². The molecule has 0 saturated heterocycles. The Kier molecular flexibility index (Phi) is 8.92. The number of hydrogen-bond acceptors (Lipinski definition) is 7. The van der Waals surface area contributed by atoms with Crippen LogP contribution >= 0.6 is 0 Å². The maximum absolute atomic E-state index is 13.1. The highest BCUT2D eigenvalue weighted by Gasteiger charge is 2.45. The Hall–Kier alpha value is -4.44. The van der Waals surface area contributed by atoms with Crippen LogP contribution in [0.25, 0.3) is 11.0 Å². The summed E-state index contributed by atoms with van der Waals surface area (Å²) in [5.41, 5.74) is 3.77. The van der Waals surface area contributed by atoms with Crippen LogP contribution in [0.2, 0.25) is 0 Å². The lowest BCUT2D eigenvalue weighted by Gasteiger charge is -2.27. The van der Waals surface area contributed by atoms with Gasteiger partial charge in [0.2, 0.25) is 11.8 Å². The number of carbonyl (C=O) groups excluding carboxylic acids is 2. The number of amides is 2. The van der Waals surface area contributed by atoms with E-state index in [9.17, 15) is 14.4 Å². The molecule has 0 fully saturated rings. The first-order chi connectivity index (χ1) is 21.0. The van der Waals surface area contributed by atoms with Gasteiger partial charge in [0.05, 0.1) is 23.4 Å². The van der Waals surface area contributed by atoms with Crippen molar-refractivity contribution in [2.75, 3.05) is 36.5 Å². The number of aryl methyl sites for hydroxylation is 4. The van der Waals surface area contributed by atoms with Gasteiger partial charge in [0.1, 0.15) is 22.5 Å². The van der Waals surface area contributed by atoms with Gasteiger partial charge in [0, 0.05) is 62.8 Å². The monoisotopic (exact) mass is 599 g/mol. The van der Waals surface area contributed by atoms with Crippen molar-refractivity contribution < 1.29 is 18.7 Å². The van der Waals surface area contributed by atoms with Gasteiger partial charge in [-0.3, -0.25) is 19.4 Å². The minimum atomic E-state index is -1.14. The fraction of sp³-hybridized carbons (Fsp3) is 0.412. The predicted octanol–water partition coefficient (Wildman–Crippen LogP) is 4.76. The Morgan fingerprint density at radius 1 is 1.02 bits per heavy atom. The first-order valence-corrected chi connectivity index (χ1v) is 15.1. The highest BCUT2D eigenvalue weighted by molar-refractivity contribution is 6.20. The van der Waals surface area contributed by atoms with Gasteiger partial charge in [-0.25, -0.2) is 0 Å². The third-order valence-corrected chi connectivity index (χ3v) is 8.41. The summed E-state index contributed by atoms with van der Waals surface area (Å²) in [7, 11) is 1.70. The molecule has 0 atom stereocenters. The van der Waals surface area contributed by atoms with E-state index < -0.39 is 5.41 Å². The number of rotatable bonds is 11. The normalized spacial score (nSPS) is 14.7. The molecule has 1 aliphatic heterocycles. The summed E-state index contributed by atoms with van der Waals surface area (Å²) in [6, 6.07) is 11.4. The van der Waals surface area contributed by atoms with Crippen LogP contribution in [0.4, 0.5) is 11.4 Å². The number of furan rings is 1. The van der Waals surface area contributed by atoms with Gasteiger partial charge in [-0.05, 0) is 83.5 Å². The summed E-state index contributed by atoms with van der Waals surface area (Å²) in [4.78, 5) is 46.8. The van der Waals surface area contributed by atoms with E-state index in [1.807, 2.05) is 51.1 Å². The molecule has 4 aromatic rings. The van der Waals surface area contributed by atoms with E-state index in [-0.39, 0.29) is 17.4 Å². The molecule has 0 radical (unpaired) electrons. The zero-order chi connectivity index (χ0) is 31.6. The Morgan fingerprint density at radius 2 is 1.82 bits per heavy atom. The van der Waals surface area contributed by atoms with Gasteiger partial charge in [-0.15, -0.1) is 0 Å². The van der Waals surface area contributed by atoms with E-state index in [0.717, 1.165) is 35.5 Å². The first kappa shape index (κ1) is 31.0. The van der Waals surface area contributed by atoms with Crippen molar-refractivity contribution in [3.63, 3.8) is 0 Å². The number of ether oxygens (including phenoxy) is 1. The summed E-state index contributed by atoms with van der Waals surface area (Å²) >= 11 is 0. The van der Waals surface area contributed by atoms with E-state index in [1.165, 1.54) is 0 Å². The number of hydrogen-bond donors (Lipinski definition) is 1. The molecular formula is C34H41N5O5. The van der Waals surface area contributed by atoms with Crippen molar-refractivity contribution in [3.05, 3.63) is 81.7 Å². The molecule has 2 amide bonds. The van der Waals surface area contributed by atoms with Crippen LogP contribution in [0.1, 0.15) is 49.8 Å². The van der Waals surface area contributed by atoms with Gasteiger partial charge >= 0.3 is 0 Å². The number of fused-ring (bicyclic) bond motifs is 2. The van der Waals surface area contributed by atoms with Crippen molar-refractivity contribution in [1.29, 1.82) is 0 Å². The van der Waals surface area contributed by atoms with Crippen LogP contribution in [-0.4, -0.2) is 48.1 Å². The Balaban J connectivity index is 1.11. The van der Waals surface area contributed by atoms with E-state index in [1.54, 1.807) is 47.7 Å². The number of carbonyl (C=O) groups is 2. The molecule has 0 unspecified atom stereocenters. The summed E-state index contributed by atoms with van der Waals surface area (Å²) in [5, 5.41) is 4.10. The highest BCUT2D eigenvalue weighted by atomic mass is 16.5. The summed E-state index contributed by atoms with van der Waals surface area (Å²) in [6.45, 7) is 12.0. The number of nitrogens with one attached hydrogen (secondary N) is 1. The average Bonchev–Trinajstić information content (AvgIpc) is 3.29. The molecule has 4 heterocycles. The largest absolute Gasteiger partial charge is 0.493 e. The molecule has 5 rings (SSSR count). The first-order valence-electron chi connectivity index (χ1n) is 15.1. The predicted molar refractivity (Wildman–Crippen MR) is 171 cm³/mol. The maximum Gasteiger partial charge on any atom is 0.262 e. The number of nitrogens with zero attached hydrogens (tertiary/aromatic N) is 4. The van der Waals surface area contributed by atoms with E-state index >= 15 is 0 Å². The van der Waals surface area contributed by atoms with E-state index in [2.05, 4.69) is 16.4 Å². The molecule has 10 nitrogen and oxygen atoms in total. The lowest BCUT2D eigenvalue weighted by Crippen LogP contribution is -2.47. The molecule has 44 heavy (non-hydrogen) atoms. The number of anilines is 2. The fourth-order valence-corrected chi connectivity index (χ4v) is 5.68. The molecule has 0 saturated carbocycles. The molecule has 0 spiro atoms. The van der Waals surface area contributed by atoms with Crippen LogP contribution in [0.15, 0.2) is 58.0 Å². The highest BCUT2D eigenvalue weighted by Crippen LogP contribution is 2.40. The summed E-state index contributed by atoms with van der Waals surface area (Å²) in [5.74, 6) is 0.982. The lowest BCUT2D eigenvalue weighted by atomic mass is 9.90. The molecule has 10 heteroatoms. The molecule has 1 aromatic carbocycles. The zero-order valence-electron chi connectivity index (χ0n) is 26.4. The van der Waals surface area contributed by atoms with Gasteiger partial charge in [0.15, 0.2) is 0 Å². The summed E-state index contributed by atoms with van der Waals surface area (Å²) in [6.07, 6.45) is 5.02. The second-order valence-electron chi connectivity index (χ2n) is 11.8. The average molecular weight is 600 g/mol. The van der Waals surface area contributed by atoms with Crippen molar-refractivity contribution in [2.24, 2.45) is 5.41 Å². The number of pyridine rings is 2. The van der Waals surface area contributed by atoms with Gasteiger partial charge in [-0.2, -0.15) is 0 Å². The van der Waals surface area contributed by atoms with Crippen LogP contribution in [0.5, 0.6) is 5.75 Å². The van der Waals surface area contributed by atoms with Crippen molar-refractivity contribution in [1.82, 2.24) is 14.9 Å². The smallest absolute Gasteiger partial charge is 0.262 e. The van der Waals surface area contributed by atoms with Gasteiger partial charge < -0.3 is 28.8 Å². The second kappa shape index (κ2) is 12.7. The minimum Gasteiger partial charge on any atom is -0.493 e. The Morgan fingerprint density at radius 3 is 2.59 bits per heavy atom. The maximum atomic E-state index is 13.1. The third kappa shape index (κ3) is 5.99. The quantitative estimate of drug-likeness (QED) is 0.196. The van der Waals surface area contributed by atoms with Gasteiger partial charge in [0.25, 0.3) is 5.56 Å². The third-order valence-electron chi connectivity index (χ3n) is 8.41. The van der Waals surface area contributed by atoms with E-state index in [4.69, 9.17) is 9.15 Å². The molecular weight excluding hydrogens is 558 g/mol. The fourth-order valence-electron chi connectivity index (χ4n) is 5.68. The van der Waals surface area contributed by atoms with Crippen LogP contribution in [0.3, 0.4) is 0 Å². The summed E-state index contributed by atoms with van der Waals surface area (Å²) < 4.78 is 13.4. The number of aromatic nitrogens is 2. The zero-order valence-corrected chi connectivity index (χ0v) is 26.4. The lowest BCUT2D eigenvalue weighted by molar-refractivity contribution is -0.137. The van der Waals surface area contributed by atoms with E-state index in [0.29, 0.717) is 60.8 Å². The van der Waals surface area contributed by atoms with Crippen LogP contribution < -0.4 is 25.4 Å². The molecule has 3 aromatic heterocycles. The van der Waals surface area contributed by atoms with Gasteiger partial charge in [-0.1, -0.05) is 0 Å². The SMILES string of the molecule is CCN1C(=O)C(C)(C)C(=O)N(C)c2cc(OCCCNCc3ccnc(CCn4ccc5oc(C)c(C)c5c4=O)c3)ccc21. The van der Waals surface area contributed by atoms with Crippen LogP contribution in [-0.2, 0) is 29.1 Å².